The molecule has 1 saturated carbocycles. The number of carbonyl (C=O) groups is 2. The van der Waals surface area contributed by atoms with Crippen LogP contribution in [0.4, 0.5) is 0 Å². The van der Waals surface area contributed by atoms with Crippen molar-refractivity contribution >= 4 is 11.8 Å². The normalized spacial score (nSPS) is 28.1. The van der Waals surface area contributed by atoms with E-state index in [-0.39, 0.29) is 17.7 Å². The topological polar surface area (TPSA) is 66.6 Å². The fraction of sp³-hybridized carbons (Fsp3) is 0.867. The fourth-order valence-electron chi connectivity index (χ4n) is 3.50. The summed E-state index contributed by atoms with van der Waals surface area (Å²) in [6.45, 7) is 5.10. The number of nitrogens with two attached hydrogens (primary N) is 1. The predicted molar refractivity (Wildman–Crippen MR) is 78.0 cm³/mol. The second kappa shape index (κ2) is 7.07. The molecule has 0 spiro atoms. The summed E-state index contributed by atoms with van der Waals surface area (Å²) in [4.78, 5) is 28.0. The molecular formula is C15H27N3O2. The van der Waals surface area contributed by atoms with Crippen LogP contribution in [0.2, 0.25) is 0 Å². The molecule has 2 N–H and O–H groups in total. The lowest BCUT2D eigenvalue weighted by Gasteiger charge is -2.33. The molecule has 1 aliphatic heterocycles. The van der Waals surface area contributed by atoms with Crippen LogP contribution in [0.1, 0.15) is 39.0 Å². The third kappa shape index (κ3) is 3.51. The maximum Gasteiger partial charge on any atom is 0.226 e. The Morgan fingerprint density at radius 3 is 2.35 bits per heavy atom. The zero-order valence-electron chi connectivity index (χ0n) is 12.5. The van der Waals surface area contributed by atoms with E-state index in [9.17, 15) is 9.59 Å². The molecular weight excluding hydrogens is 254 g/mol. The van der Waals surface area contributed by atoms with Gasteiger partial charge in [0.15, 0.2) is 0 Å². The molecule has 5 nitrogen and oxygen atoms in total. The van der Waals surface area contributed by atoms with E-state index in [1.807, 2.05) is 9.80 Å². The number of amides is 2. The van der Waals surface area contributed by atoms with Gasteiger partial charge in [0.05, 0.1) is 0 Å². The zero-order chi connectivity index (χ0) is 14.5. The van der Waals surface area contributed by atoms with Crippen molar-refractivity contribution in [3.8, 4) is 0 Å². The van der Waals surface area contributed by atoms with Gasteiger partial charge in [0.1, 0.15) is 0 Å². The minimum Gasteiger partial charge on any atom is -0.341 e. The molecule has 1 saturated heterocycles. The Morgan fingerprint density at radius 1 is 1.00 bits per heavy atom. The lowest BCUT2D eigenvalue weighted by Crippen LogP contribution is -2.44. The van der Waals surface area contributed by atoms with Gasteiger partial charge in [-0.25, -0.2) is 0 Å². The first-order chi connectivity index (χ1) is 9.63. The van der Waals surface area contributed by atoms with E-state index >= 15 is 0 Å². The predicted octanol–water partition coefficient (Wildman–Crippen LogP) is 0.832. The van der Waals surface area contributed by atoms with Crippen molar-refractivity contribution in [2.75, 3.05) is 32.7 Å². The zero-order valence-corrected chi connectivity index (χ0v) is 12.5. The average molecular weight is 281 g/mol. The minimum atomic E-state index is 0.108. The summed E-state index contributed by atoms with van der Waals surface area (Å²) in [7, 11) is 0. The highest BCUT2D eigenvalue weighted by molar-refractivity contribution is 5.79. The molecule has 2 fully saturated rings. The molecule has 1 aliphatic carbocycles. The molecule has 0 aromatic carbocycles. The van der Waals surface area contributed by atoms with Crippen LogP contribution < -0.4 is 5.73 Å². The van der Waals surface area contributed by atoms with Crippen molar-refractivity contribution < 1.29 is 9.59 Å². The van der Waals surface area contributed by atoms with Gasteiger partial charge in [-0.15, -0.1) is 0 Å². The van der Waals surface area contributed by atoms with Gasteiger partial charge in [-0.3, -0.25) is 9.59 Å². The Kier molecular flexibility index (Phi) is 5.40. The standard InChI is InChI=1S/C15H27N3O2/c1-12(19)17-7-4-8-18(10-9-17)15(20)14-6-3-2-5-13(14)11-16/h13-14H,2-11,16H2,1H3. The molecule has 1 heterocycles. The van der Waals surface area contributed by atoms with Crippen LogP contribution in [-0.2, 0) is 9.59 Å². The fourth-order valence-corrected chi connectivity index (χ4v) is 3.50. The molecule has 0 bridgehead atoms. The van der Waals surface area contributed by atoms with Gasteiger partial charge in [-0.05, 0) is 31.7 Å². The summed E-state index contributed by atoms with van der Waals surface area (Å²) in [5.41, 5.74) is 5.83. The molecule has 2 unspecified atom stereocenters. The summed E-state index contributed by atoms with van der Waals surface area (Å²) in [5, 5.41) is 0. The van der Waals surface area contributed by atoms with Crippen molar-refractivity contribution in [1.29, 1.82) is 0 Å². The Morgan fingerprint density at radius 2 is 1.65 bits per heavy atom. The maximum absolute atomic E-state index is 12.7. The van der Waals surface area contributed by atoms with E-state index in [0.29, 0.717) is 25.6 Å². The van der Waals surface area contributed by atoms with Gasteiger partial charge in [0.2, 0.25) is 11.8 Å². The van der Waals surface area contributed by atoms with E-state index in [1.54, 1.807) is 6.92 Å². The SMILES string of the molecule is CC(=O)N1CCCN(C(=O)C2CCCCC2CN)CC1. The summed E-state index contributed by atoms with van der Waals surface area (Å²) in [6.07, 6.45) is 5.28. The summed E-state index contributed by atoms with van der Waals surface area (Å²) in [6, 6.07) is 0. The summed E-state index contributed by atoms with van der Waals surface area (Å²) in [5.74, 6) is 0.836. The quantitative estimate of drug-likeness (QED) is 0.815. The van der Waals surface area contributed by atoms with Crippen molar-refractivity contribution in [3.63, 3.8) is 0 Å². The van der Waals surface area contributed by atoms with Crippen LogP contribution in [0.5, 0.6) is 0 Å². The van der Waals surface area contributed by atoms with Crippen LogP contribution in [0, 0.1) is 11.8 Å². The van der Waals surface area contributed by atoms with Crippen LogP contribution >= 0.6 is 0 Å². The highest BCUT2D eigenvalue weighted by atomic mass is 16.2. The van der Waals surface area contributed by atoms with Crippen LogP contribution in [0.3, 0.4) is 0 Å². The lowest BCUT2D eigenvalue weighted by atomic mass is 9.78. The number of nitrogens with zero attached hydrogens (tertiary/aromatic N) is 2. The first-order valence-corrected chi connectivity index (χ1v) is 7.88. The first-order valence-electron chi connectivity index (χ1n) is 7.88. The lowest BCUT2D eigenvalue weighted by molar-refractivity contribution is -0.138. The van der Waals surface area contributed by atoms with Gasteiger partial charge in [0, 0.05) is 39.0 Å². The van der Waals surface area contributed by atoms with Gasteiger partial charge in [0.25, 0.3) is 0 Å². The highest BCUT2D eigenvalue weighted by Crippen LogP contribution is 2.31. The molecule has 0 aromatic heterocycles. The monoisotopic (exact) mass is 281 g/mol. The molecule has 114 valence electrons. The van der Waals surface area contributed by atoms with E-state index in [1.165, 1.54) is 6.42 Å². The van der Waals surface area contributed by atoms with Gasteiger partial charge in [-0.2, -0.15) is 0 Å². The smallest absolute Gasteiger partial charge is 0.226 e. The number of carbonyl (C=O) groups excluding carboxylic acids is 2. The first kappa shape index (κ1) is 15.3. The van der Waals surface area contributed by atoms with E-state index < -0.39 is 0 Å². The summed E-state index contributed by atoms with van der Waals surface area (Å²) >= 11 is 0. The van der Waals surface area contributed by atoms with Gasteiger partial charge < -0.3 is 15.5 Å². The molecule has 0 aromatic rings. The van der Waals surface area contributed by atoms with Crippen molar-refractivity contribution in [2.24, 2.45) is 17.6 Å². The minimum absolute atomic E-state index is 0.108. The molecule has 20 heavy (non-hydrogen) atoms. The third-order valence-corrected chi connectivity index (χ3v) is 4.78. The molecule has 5 heteroatoms. The van der Waals surface area contributed by atoms with E-state index in [4.69, 9.17) is 5.73 Å². The molecule has 2 atom stereocenters. The second-order valence-electron chi connectivity index (χ2n) is 6.07. The molecule has 0 radical (unpaired) electrons. The van der Waals surface area contributed by atoms with E-state index in [2.05, 4.69) is 0 Å². The van der Waals surface area contributed by atoms with Crippen molar-refractivity contribution in [1.82, 2.24) is 9.80 Å². The maximum atomic E-state index is 12.7. The molecule has 2 aliphatic rings. The molecule has 2 amide bonds. The van der Waals surface area contributed by atoms with Gasteiger partial charge in [-0.1, -0.05) is 12.8 Å². The van der Waals surface area contributed by atoms with Crippen molar-refractivity contribution in [3.05, 3.63) is 0 Å². The highest BCUT2D eigenvalue weighted by Gasteiger charge is 2.33. The Labute approximate surface area is 121 Å². The number of rotatable bonds is 2. The Balaban J connectivity index is 1.96. The van der Waals surface area contributed by atoms with Crippen molar-refractivity contribution in [2.45, 2.75) is 39.0 Å². The average Bonchev–Trinajstić information content (AvgIpc) is 2.72. The summed E-state index contributed by atoms with van der Waals surface area (Å²) < 4.78 is 0. The largest absolute Gasteiger partial charge is 0.341 e. The Hall–Kier alpha value is -1.10. The van der Waals surface area contributed by atoms with Crippen LogP contribution in [0.25, 0.3) is 0 Å². The third-order valence-electron chi connectivity index (χ3n) is 4.78. The molecule has 2 rings (SSSR count). The number of hydrogen-bond acceptors (Lipinski definition) is 3. The van der Waals surface area contributed by atoms with Crippen LogP contribution in [0.15, 0.2) is 0 Å². The Bertz CT molecular complexity index is 359. The van der Waals surface area contributed by atoms with Gasteiger partial charge >= 0.3 is 0 Å². The van der Waals surface area contributed by atoms with E-state index in [0.717, 1.165) is 38.8 Å². The second-order valence-corrected chi connectivity index (χ2v) is 6.07. The van der Waals surface area contributed by atoms with Crippen LogP contribution in [-0.4, -0.2) is 54.3 Å². The number of hydrogen-bond donors (Lipinski definition) is 1.